The molecule has 0 aliphatic heterocycles. The Hall–Kier alpha value is -0.790. The summed E-state index contributed by atoms with van der Waals surface area (Å²) in [5.41, 5.74) is 0.825. The van der Waals surface area contributed by atoms with Crippen molar-refractivity contribution in [2.45, 2.75) is 26.7 Å². The molecular weight excluding hydrogens is 164 g/mol. The quantitative estimate of drug-likeness (QED) is 0.456. The van der Waals surface area contributed by atoms with Gasteiger partial charge in [-0.05, 0) is 24.2 Å². The van der Waals surface area contributed by atoms with Gasteiger partial charge in [-0.1, -0.05) is 26.0 Å². The summed E-state index contributed by atoms with van der Waals surface area (Å²) in [6.07, 6.45) is 2.09. The number of rotatable bonds is 1. The molecule has 0 radical (unpaired) electrons. The van der Waals surface area contributed by atoms with E-state index < -0.39 is 0 Å². The van der Waals surface area contributed by atoms with Crippen LogP contribution >= 0.6 is 0 Å². The molecule has 0 aromatic carbocycles. The van der Waals surface area contributed by atoms with E-state index in [1.165, 1.54) is 7.11 Å². The molecular formula is C11H16O2. The first-order chi connectivity index (χ1) is 5.99. The van der Waals surface area contributed by atoms with E-state index in [1.54, 1.807) is 0 Å². The van der Waals surface area contributed by atoms with Crippen LogP contribution in [0.2, 0.25) is 0 Å². The van der Waals surface area contributed by atoms with Crippen molar-refractivity contribution in [2.24, 2.45) is 16.7 Å². The molecule has 0 bridgehead atoms. The van der Waals surface area contributed by atoms with E-state index in [9.17, 15) is 4.79 Å². The van der Waals surface area contributed by atoms with Crippen molar-refractivity contribution in [3.63, 3.8) is 0 Å². The lowest BCUT2D eigenvalue weighted by molar-refractivity contribution is -0.146. The summed E-state index contributed by atoms with van der Waals surface area (Å²) in [5, 5.41) is 0. The maximum Gasteiger partial charge on any atom is 0.316 e. The zero-order chi connectivity index (χ0) is 9.85. The fourth-order valence-corrected chi connectivity index (χ4v) is 3.38. The lowest BCUT2D eigenvalue weighted by atomic mass is 9.88. The van der Waals surface area contributed by atoms with Crippen molar-refractivity contribution in [1.29, 1.82) is 0 Å². The first-order valence-corrected chi connectivity index (χ1v) is 4.76. The lowest BCUT2D eigenvalue weighted by Crippen LogP contribution is -2.23. The molecule has 0 aromatic rings. The van der Waals surface area contributed by atoms with E-state index >= 15 is 0 Å². The molecule has 2 heteroatoms. The number of carbonyl (C=O) groups excluding carboxylic acids is 1. The summed E-state index contributed by atoms with van der Waals surface area (Å²) in [6, 6.07) is 0. The average molecular weight is 180 g/mol. The fraction of sp³-hybridized carbons (Fsp3) is 0.727. The summed E-state index contributed by atoms with van der Waals surface area (Å²) < 4.78 is 4.89. The molecule has 2 nitrogen and oxygen atoms in total. The number of ether oxygens (including phenoxy) is 1. The fourth-order valence-electron chi connectivity index (χ4n) is 3.38. The van der Waals surface area contributed by atoms with Crippen molar-refractivity contribution < 1.29 is 9.53 Å². The summed E-state index contributed by atoms with van der Waals surface area (Å²) in [5.74, 6) is 0.393. The summed E-state index contributed by atoms with van der Waals surface area (Å²) >= 11 is 0. The molecule has 2 aliphatic carbocycles. The molecule has 0 saturated heterocycles. The van der Waals surface area contributed by atoms with Gasteiger partial charge in [0, 0.05) is 0 Å². The van der Waals surface area contributed by atoms with Gasteiger partial charge >= 0.3 is 5.97 Å². The normalized spacial score (nSPS) is 39.9. The van der Waals surface area contributed by atoms with Crippen molar-refractivity contribution in [2.75, 3.05) is 7.11 Å². The van der Waals surface area contributed by atoms with Crippen molar-refractivity contribution in [3.8, 4) is 0 Å². The van der Waals surface area contributed by atoms with Gasteiger partial charge in [-0.2, -0.15) is 0 Å². The number of esters is 1. The summed E-state index contributed by atoms with van der Waals surface area (Å²) in [6.45, 7) is 8.29. The Kier molecular flexibility index (Phi) is 1.47. The largest absolute Gasteiger partial charge is 0.468 e. The predicted octanol–water partition coefficient (Wildman–Crippen LogP) is 2.15. The van der Waals surface area contributed by atoms with Crippen LogP contribution in [0.1, 0.15) is 26.7 Å². The van der Waals surface area contributed by atoms with E-state index in [4.69, 9.17) is 4.74 Å². The Balaban J connectivity index is 2.40. The minimum absolute atomic E-state index is 0.0787. The van der Waals surface area contributed by atoms with Gasteiger partial charge in [-0.3, -0.25) is 4.79 Å². The van der Waals surface area contributed by atoms with Crippen molar-refractivity contribution in [1.82, 2.24) is 0 Å². The number of carbonyl (C=O) groups is 1. The molecule has 0 spiro atoms. The van der Waals surface area contributed by atoms with Gasteiger partial charge in [0.2, 0.25) is 0 Å². The van der Waals surface area contributed by atoms with Crippen LogP contribution in [-0.4, -0.2) is 13.1 Å². The minimum atomic E-state index is -0.332. The Bertz CT molecular complexity index is 290. The van der Waals surface area contributed by atoms with E-state index in [1.807, 2.05) is 0 Å². The van der Waals surface area contributed by atoms with Crippen LogP contribution in [0.4, 0.5) is 0 Å². The highest BCUT2D eigenvalue weighted by Gasteiger charge is 2.79. The highest BCUT2D eigenvalue weighted by molar-refractivity contribution is 5.87. The molecule has 2 fully saturated rings. The van der Waals surface area contributed by atoms with Gasteiger partial charge in [0.15, 0.2) is 0 Å². The van der Waals surface area contributed by atoms with Crippen LogP contribution < -0.4 is 0 Å². The smallest absolute Gasteiger partial charge is 0.316 e. The van der Waals surface area contributed by atoms with Crippen molar-refractivity contribution >= 4 is 5.97 Å². The van der Waals surface area contributed by atoms with Gasteiger partial charge < -0.3 is 4.74 Å². The van der Waals surface area contributed by atoms with Gasteiger partial charge in [-0.25, -0.2) is 0 Å². The second kappa shape index (κ2) is 2.17. The number of fused-ring (bicyclic) bond motifs is 1. The van der Waals surface area contributed by atoms with Gasteiger partial charge in [0.25, 0.3) is 0 Å². The minimum Gasteiger partial charge on any atom is -0.468 e. The molecule has 0 N–H and O–H groups in total. The third-order valence-corrected chi connectivity index (χ3v) is 4.13. The van der Waals surface area contributed by atoms with Crippen LogP contribution in [-0.2, 0) is 9.53 Å². The predicted molar refractivity (Wildman–Crippen MR) is 50.1 cm³/mol. The van der Waals surface area contributed by atoms with Gasteiger partial charge in [0.05, 0.1) is 12.5 Å². The molecule has 0 heterocycles. The highest BCUT2D eigenvalue weighted by atomic mass is 16.5. The van der Waals surface area contributed by atoms with Gasteiger partial charge in [-0.15, -0.1) is 0 Å². The summed E-state index contributed by atoms with van der Waals surface area (Å²) in [4.78, 5) is 11.7. The van der Waals surface area contributed by atoms with E-state index in [0.717, 1.165) is 18.4 Å². The first-order valence-electron chi connectivity index (χ1n) is 4.76. The van der Waals surface area contributed by atoms with Crippen LogP contribution in [0.25, 0.3) is 0 Å². The molecule has 2 atom stereocenters. The zero-order valence-electron chi connectivity index (χ0n) is 8.52. The second-order valence-corrected chi connectivity index (χ2v) is 4.72. The first kappa shape index (κ1) is 8.79. The molecule has 72 valence electrons. The van der Waals surface area contributed by atoms with Crippen LogP contribution in [0, 0.1) is 16.7 Å². The molecule has 13 heavy (non-hydrogen) atoms. The molecule has 2 saturated carbocycles. The lowest BCUT2D eigenvalue weighted by Gasteiger charge is -2.18. The monoisotopic (exact) mass is 180 g/mol. The Morgan fingerprint density at radius 1 is 1.62 bits per heavy atom. The highest BCUT2D eigenvalue weighted by Crippen LogP contribution is 2.78. The van der Waals surface area contributed by atoms with E-state index in [2.05, 4.69) is 20.4 Å². The molecule has 0 amide bonds. The Labute approximate surface area is 79.0 Å². The average Bonchev–Trinajstić information content (AvgIpc) is 2.41. The molecule has 2 aliphatic rings. The number of hydrogen-bond acceptors (Lipinski definition) is 2. The maximum atomic E-state index is 11.7. The zero-order valence-corrected chi connectivity index (χ0v) is 8.52. The topological polar surface area (TPSA) is 26.3 Å². The molecule has 2 rings (SSSR count). The van der Waals surface area contributed by atoms with Gasteiger partial charge in [0.1, 0.15) is 0 Å². The third kappa shape index (κ3) is 0.687. The number of methoxy groups -OCH3 is 1. The van der Waals surface area contributed by atoms with E-state index in [-0.39, 0.29) is 16.8 Å². The Morgan fingerprint density at radius 2 is 2.23 bits per heavy atom. The molecule has 2 unspecified atom stereocenters. The van der Waals surface area contributed by atoms with Crippen LogP contribution in [0.5, 0.6) is 0 Å². The summed E-state index contributed by atoms with van der Waals surface area (Å²) in [7, 11) is 1.47. The standard InChI is InChI=1S/C11H16O2/c1-7-5-6-8-10(2,3)11(7,8)9(12)13-4/h8H,1,5-6H2,2-4H3. The van der Waals surface area contributed by atoms with Crippen molar-refractivity contribution in [3.05, 3.63) is 12.2 Å². The molecule has 0 aromatic heterocycles. The SMILES string of the molecule is C=C1CCC2C(C)(C)C12C(=O)OC. The van der Waals surface area contributed by atoms with E-state index in [0.29, 0.717) is 5.92 Å². The Morgan fingerprint density at radius 3 is 2.62 bits per heavy atom. The van der Waals surface area contributed by atoms with Crippen LogP contribution in [0.3, 0.4) is 0 Å². The third-order valence-electron chi connectivity index (χ3n) is 4.13. The number of hydrogen-bond donors (Lipinski definition) is 0. The second-order valence-electron chi connectivity index (χ2n) is 4.72. The maximum absolute atomic E-state index is 11.7. The van der Waals surface area contributed by atoms with Crippen LogP contribution in [0.15, 0.2) is 12.2 Å².